The molecule has 0 aromatic heterocycles. The van der Waals surface area contributed by atoms with Crippen LogP contribution in [-0.4, -0.2) is 32.2 Å². The summed E-state index contributed by atoms with van der Waals surface area (Å²) in [4.78, 5) is 9.82. The lowest BCUT2D eigenvalue weighted by atomic mass is 10.7. The number of ether oxygens (including phenoxy) is 1. The molecule has 0 aromatic rings. The van der Waals surface area contributed by atoms with Crippen molar-refractivity contribution in [2.24, 2.45) is 0 Å². The van der Waals surface area contributed by atoms with E-state index in [1.54, 1.807) is 6.92 Å². The van der Waals surface area contributed by atoms with Gasteiger partial charge in [-0.15, -0.1) is 0 Å². The fourth-order valence-corrected chi connectivity index (χ4v) is 2.07. The maximum Gasteiger partial charge on any atom is 0.335 e. The van der Waals surface area contributed by atoms with Gasteiger partial charge in [-0.1, -0.05) is 15.9 Å². The molecule has 7 heteroatoms. The van der Waals surface area contributed by atoms with E-state index in [2.05, 4.69) is 20.7 Å². The summed E-state index contributed by atoms with van der Waals surface area (Å²) in [5, 5.41) is 0. The van der Waals surface area contributed by atoms with Crippen LogP contribution >= 0.6 is 15.9 Å². The number of rotatable bonds is 4. The minimum absolute atomic E-state index is 0.215. The molecular formula is C5H10BrNO4S. The number of halogens is 1. The fourth-order valence-electron chi connectivity index (χ4n) is 0.451. The third-order valence-corrected chi connectivity index (χ3v) is 2.38. The molecule has 0 saturated carbocycles. The zero-order valence-corrected chi connectivity index (χ0v) is 9.11. The van der Waals surface area contributed by atoms with E-state index >= 15 is 0 Å². The predicted molar refractivity (Wildman–Crippen MR) is 47.3 cm³/mol. The second-order valence-corrected chi connectivity index (χ2v) is 4.70. The fraction of sp³-hybridized carbons (Fsp3) is 0.800. The van der Waals surface area contributed by atoms with Gasteiger partial charge in [-0.2, -0.15) is 4.72 Å². The molecule has 0 radical (unpaired) electrons. The molecule has 1 N–H and O–H groups in total. The van der Waals surface area contributed by atoms with Crippen molar-refractivity contribution in [3.8, 4) is 0 Å². The summed E-state index contributed by atoms with van der Waals surface area (Å²) in [6.45, 7) is 1.85. The molecule has 0 aromatic carbocycles. The van der Waals surface area contributed by atoms with Crippen molar-refractivity contribution in [2.75, 3.05) is 12.9 Å². The van der Waals surface area contributed by atoms with Gasteiger partial charge in [-0.05, 0) is 6.92 Å². The van der Waals surface area contributed by atoms with Gasteiger partial charge < -0.3 is 4.74 Å². The minimum atomic E-state index is -3.38. The summed E-state index contributed by atoms with van der Waals surface area (Å²) >= 11 is 2.82. The zero-order chi connectivity index (χ0) is 9.78. The van der Waals surface area contributed by atoms with Crippen LogP contribution in [-0.2, 0) is 19.6 Å². The predicted octanol–water partition coefficient (Wildman–Crippen LogP) is -0.180. The molecule has 0 amide bonds. The smallest absolute Gasteiger partial charge is 0.335 e. The standard InChI is InChI=1S/C5H10BrNO4S/c1-3-11-5(8)4(6)7-12(2,9)10/h4,7H,3H2,1-2H3. The lowest BCUT2D eigenvalue weighted by Crippen LogP contribution is -2.36. The minimum Gasteiger partial charge on any atom is -0.464 e. The SMILES string of the molecule is CCOC(=O)C(Br)NS(C)(=O)=O. The zero-order valence-electron chi connectivity index (χ0n) is 6.70. The number of carbonyl (C=O) groups excluding carboxylic acids is 1. The van der Waals surface area contributed by atoms with E-state index in [1.165, 1.54) is 0 Å². The van der Waals surface area contributed by atoms with Crippen LogP contribution < -0.4 is 4.72 Å². The molecule has 5 nitrogen and oxygen atoms in total. The first-order valence-corrected chi connectivity index (χ1v) is 5.95. The van der Waals surface area contributed by atoms with Crippen molar-refractivity contribution < 1.29 is 17.9 Å². The van der Waals surface area contributed by atoms with Crippen molar-refractivity contribution in [2.45, 2.75) is 11.9 Å². The Morgan fingerprint density at radius 2 is 2.17 bits per heavy atom. The van der Waals surface area contributed by atoms with E-state index in [-0.39, 0.29) is 6.61 Å². The number of esters is 1. The van der Waals surface area contributed by atoms with E-state index in [0.29, 0.717) is 0 Å². The van der Waals surface area contributed by atoms with E-state index in [4.69, 9.17) is 0 Å². The highest BCUT2D eigenvalue weighted by Gasteiger charge is 2.19. The Bertz CT molecular complexity index is 250. The van der Waals surface area contributed by atoms with Gasteiger partial charge in [0.2, 0.25) is 10.0 Å². The van der Waals surface area contributed by atoms with Crippen molar-refractivity contribution in [1.29, 1.82) is 0 Å². The van der Waals surface area contributed by atoms with Gasteiger partial charge in [0.1, 0.15) is 0 Å². The van der Waals surface area contributed by atoms with Crippen molar-refractivity contribution in [3.63, 3.8) is 0 Å². The summed E-state index contributed by atoms with van der Waals surface area (Å²) in [6.07, 6.45) is 0.959. The molecule has 1 unspecified atom stereocenters. The topological polar surface area (TPSA) is 72.5 Å². The molecule has 0 fully saturated rings. The average Bonchev–Trinajstić information content (AvgIpc) is 1.84. The highest BCUT2D eigenvalue weighted by Crippen LogP contribution is 1.99. The van der Waals surface area contributed by atoms with Crippen LogP contribution in [0.4, 0.5) is 0 Å². The van der Waals surface area contributed by atoms with Crippen LogP contribution in [0.25, 0.3) is 0 Å². The van der Waals surface area contributed by atoms with Crippen molar-refractivity contribution >= 4 is 31.9 Å². The van der Waals surface area contributed by atoms with Crippen LogP contribution in [0.1, 0.15) is 6.92 Å². The molecule has 0 spiro atoms. The molecule has 0 aliphatic rings. The number of nitrogens with one attached hydrogen (secondary N) is 1. The highest BCUT2D eigenvalue weighted by molar-refractivity contribution is 9.10. The van der Waals surface area contributed by atoms with E-state index in [9.17, 15) is 13.2 Å². The van der Waals surface area contributed by atoms with Crippen LogP contribution in [0, 0.1) is 0 Å². The Labute approximate surface area is 79.7 Å². The normalized spacial score (nSPS) is 13.9. The molecule has 72 valence electrons. The Balaban J connectivity index is 4.05. The number of carbonyl (C=O) groups is 1. The first kappa shape index (κ1) is 11.9. The summed E-state index contributed by atoms with van der Waals surface area (Å²) in [6, 6.07) is 0. The van der Waals surface area contributed by atoms with Gasteiger partial charge in [0.15, 0.2) is 4.95 Å². The first-order valence-electron chi connectivity index (χ1n) is 3.15. The Morgan fingerprint density at radius 1 is 1.67 bits per heavy atom. The first-order chi connectivity index (χ1) is 5.37. The average molecular weight is 260 g/mol. The quantitative estimate of drug-likeness (QED) is 0.432. The Morgan fingerprint density at radius 3 is 2.50 bits per heavy atom. The summed E-state index contributed by atoms with van der Waals surface area (Å²) < 4.78 is 27.8. The van der Waals surface area contributed by atoms with Crippen molar-refractivity contribution in [1.82, 2.24) is 4.72 Å². The Hall–Kier alpha value is -0.140. The Kier molecular flexibility index (Phi) is 4.73. The van der Waals surface area contributed by atoms with Crippen molar-refractivity contribution in [3.05, 3.63) is 0 Å². The third kappa shape index (κ3) is 5.50. The second kappa shape index (κ2) is 4.78. The molecule has 0 rings (SSSR count). The van der Waals surface area contributed by atoms with Crippen LogP contribution in [0.5, 0.6) is 0 Å². The molecule has 0 aliphatic heterocycles. The number of hydrogen-bond donors (Lipinski definition) is 1. The van der Waals surface area contributed by atoms with Gasteiger partial charge in [-0.3, -0.25) is 0 Å². The largest absolute Gasteiger partial charge is 0.464 e. The van der Waals surface area contributed by atoms with Gasteiger partial charge >= 0.3 is 5.97 Å². The van der Waals surface area contributed by atoms with E-state index < -0.39 is 20.9 Å². The second-order valence-electron chi connectivity index (χ2n) is 2.00. The van der Waals surface area contributed by atoms with E-state index in [1.807, 2.05) is 4.72 Å². The molecule has 0 bridgehead atoms. The lowest BCUT2D eigenvalue weighted by molar-refractivity contribution is -0.142. The lowest BCUT2D eigenvalue weighted by Gasteiger charge is -2.08. The number of sulfonamides is 1. The molecule has 0 heterocycles. The third-order valence-electron chi connectivity index (χ3n) is 0.811. The summed E-state index contributed by atoms with van der Waals surface area (Å²) in [5.41, 5.74) is 0. The maximum absolute atomic E-state index is 10.8. The highest BCUT2D eigenvalue weighted by atomic mass is 79.9. The molecule has 0 aliphatic carbocycles. The van der Waals surface area contributed by atoms with Crippen LogP contribution in [0.3, 0.4) is 0 Å². The molecule has 0 saturated heterocycles. The maximum atomic E-state index is 10.8. The van der Waals surface area contributed by atoms with Gasteiger partial charge in [0, 0.05) is 0 Å². The molecule has 12 heavy (non-hydrogen) atoms. The van der Waals surface area contributed by atoms with E-state index in [0.717, 1.165) is 6.26 Å². The van der Waals surface area contributed by atoms with Crippen LogP contribution in [0.15, 0.2) is 0 Å². The summed E-state index contributed by atoms with van der Waals surface area (Å²) in [5.74, 6) is -0.650. The molecule has 1 atom stereocenters. The van der Waals surface area contributed by atoms with Gasteiger partial charge in [0.05, 0.1) is 12.9 Å². The van der Waals surface area contributed by atoms with Gasteiger partial charge in [-0.25, -0.2) is 13.2 Å². The number of hydrogen-bond acceptors (Lipinski definition) is 4. The summed E-state index contributed by atoms with van der Waals surface area (Å²) in [7, 11) is -3.38. The van der Waals surface area contributed by atoms with Gasteiger partial charge in [0.25, 0.3) is 0 Å². The molecular weight excluding hydrogens is 250 g/mol. The van der Waals surface area contributed by atoms with Crippen LogP contribution in [0.2, 0.25) is 0 Å². The monoisotopic (exact) mass is 259 g/mol. The number of alkyl halides is 1.